The van der Waals surface area contributed by atoms with Gasteiger partial charge in [0, 0.05) is 7.05 Å². The highest BCUT2D eigenvalue weighted by Crippen LogP contribution is 2.34. The Labute approximate surface area is 124 Å². The zero-order valence-electron chi connectivity index (χ0n) is 12.1. The second kappa shape index (κ2) is 5.91. The first kappa shape index (κ1) is 15.0. The van der Waals surface area contributed by atoms with Crippen molar-refractivity contribution >= 4 is 23.1 Å². The van der Waals surface area contributed by atoms with Crippen LogP contribution in [0.2, 0.25) is 0 Å². The molecule has 1 aliphatic rings. The molecule has 2 rings (SSSR count). The number of imidazole rings is 1. The number of hydrogen-bond donors (Lipinski definition) is 2. The lowest BCUT2D eigenvalue weighted by Gasteiger charge is -2.39. The van der Waals surface area contributed by atoms with E-state index >= 15 is 0 Å². The maximum absolute atomic E-state index is 12.4. The van der Waals surface area contributed by atoms with Crippen molar-refractivity contribution in [2.24, 2.45) is 18.7 Å². The first-order chi connectivity index (χ1) is 9.48. The van der Waals surface area contributed by atoms with Gasteiger partial charge in [0.1, 0.15) is 5.69 Å². The zero-order chi connectivity index (χ0) is 14.8. The maximum Gasteiger partial charge on any atom is 0.270 e. The number of nitrogens with zero attached hydrogens (tertiary/aromatic N) is 2. The van der Waals surface area contributed by atoms with Crippen molar-refractivity contribution in [3.05, 3.63) is 18.2 Å². The molecule has 1 amide bonds. The van der Waals surface area contributed by atoms with Gasteiger partial charge in [0.15, 0.2) is 0 Å². The van der Waals surface area contributed by atoms with Gasteiger partial charge in [-0.15, -0.1) is 0 Å². The van der Waals surface area contributed by atoms with Gasteiger partial charge in [-0.05, 0) is 31.6 Å². The summed E-state index contributed by atoms with van der Waals surface area (Å²) >= 11 is 5.22. The fourth-order valence-corrected chi connectivity index (χ4v) is 3.12. The molecule has 110 valence electrons. The fraction of sp³-hybridized carbons (Fsp3) is 0.643. The van der Waals surface area contributed by atoms with E-state index in [-0.39, 0.29) is 5.91 Å². The standard InChI is InChI=1S/C14H22N4OS/c1-3-10-4-6-14(7-5-10,13(15)20)17-12(19)11-8-16-9-18(11)2/h8-10H,3-7H2,1-2H3,(H2,15,20)(H,17,19). The van der Waals surface area contributed by atoms with E-state index in [0.717, 1.165) is 25.7 Å². The Morgan fingerprint density at radius 2 is 2.25 bits per heavy atom. The Balaban J connectivity index is 2.13. The van der Waals surface area contributed by atoms with E-state index in [4.69, 9.17) is 18.0 Å². The summed E-state index contributed by atoms with van der Waals surface area (Å²) in [5.41, 5.74) is 5.91. The summed E-state index contributed by atoms with van der Waals surface area (Å²) in [6.45, 7) is 2.20. The molecule has 5 nitrogen and oxygen atoms in total. The van der Waals surface area contributed by atoms with Crippen LogP contribution < -0.4 is 11.1 Å². The zero-order valence-corrected chi connectivity index (χ0v) is 12.9. The summed E-state index contributed by atoms with van der Waals surface area (Å²) in [4.78, 5) is 16.7. The molecule has 1 saturated carbocycles. The van der Waals surface area contributed by atoms with E-state index in [2.05, 4.69) is 17.2 Å². The number of rotatable bonds is 4. The van der Waals surface area contributed by atoms with Crippen LogP contribution in [0.15, 0.2) is 12.5 Å². The molecule has 0 unspecified atom stereocenters. The third-order valence-corrected chi connectivity index (χ3v) is 4.80. The Hall–Kier alpha value is -1.43. The van der Waals surface area contributed by atoms with Gasteiger partial charge in [-0.25, -0.2) is 4.98 Å². The molecule has 3 N–H and O–H groups in total. The Morgan fingerprint density at radius 3 is 2.70 bits per heavy atom. The van der Waals surface area contributed by atoms with Crippen LogP contribution >= 0.6 is 12.2 Å². The van der Waals surface area contributed by atoms with Gasteiger partial charge >= 0.3 is 0 Å². The number of carbonyl (C=O) groups excluding carboxylic acids is 1. The molecule has 1 fully saturated rings. The molecule has 6 heteroatoms. The summed E-state index contributed by atoms with van der Waals surface area (Å²) in [5.74, 6) is 0.554. The molecule has 0 radical (unpaired) electrons. The van der Waals surface area contributed by atoms with Gasteiger partial charge in [0.2, 0.25) is 0 Å². The lowest BCUT2D eigenvalue weighted by atomic mass is 9.75. The summed E-state index contributed by atoms with van der Waals surface area (Å²) < 4.78 is 1.69. The van der Waals surface area contributed by atoms with Crippen LogP contribution in [0.1, 0.15) is 49.5 Å². The van der Waals surface area contributed by atoms with Crippen LogP contribution in [0, 0.1) is 5.92 Å². The molecule has 0 saturated heterocycles. The van der Waals surface area contributed by atoms with Crippen molar-refractivity contribution in [2.45, 2.75) is 44.6 Å². The molecule has 1 heterocycles. The third-order valence-electron chi connectivity index (χ3n) is 4.41. The monoisotopic (exact) mass is 294 g/mol. The van der Waals surface area contributed by atoms with Gasteiger partial charge in [-0.2, -0.15) is 0 Å². The van der Waals surface area contributed by atoms with Gasteiger partial charge in [0.05, 0.1) is 23.1 Å². The minimum Gasteiger partial charge on any atom is -0.391 e. The van der Waals surface area contributed by atoms with Crippen molar-refractivity contribution in [1.29, 1.82) is 0 Å². The van der Waals surface area contributed by atoms with E-state index < -0.39 is 5.54 Å². The third kappa shape index (κ3) is 2.85. The highest BCUT2D eigenvalue weighted by atomic mass is 32.1. The number of hydrogen-bond acceptors (Lipinski definition) is 3. The first-order valence-corrected chi connectivity index (χ1v) is 7.48. The quantitative estimate of drug-likeness (QED) is 0.830. The Kier molecular flexibility index (Phi) is 4.42. The van der Waals surface area contributed by atoms with Crippen LogP contribution in [0.3, 0.4) is 0 Å². The highest BCUT2D eigenvalue weighted by Gasteiger charge is 2.39. The molecule has 20 heavy (non-hydrogen) atoms. The molecule has 0 aliphatic heterocycles. The average molecular weight is 294 g/mol. The van der Waals surface area contributed by atoms with Crippen molar-refractivity contribution in [3.63, 3.8) is 0 Å². The topological polar surface area (TPSA) is 72.9 Å². The first-order valence-electron chi connectivity index (χ1n) is 7.07. The summed E-state index contributed by atoms with van der Waals surface area (Å²) in [6, 6.07) is 0. The smallest absolute Gasteiger partial charge is 0.270 e. The van der Waals surface area contributed by atoms with Crippen molar-refractivity contribution in [3.8, 4) is 0 Å². The van der Waals surface area contributed by atoms with Crippen LogP contribution in [-0.4, -0.2) is 26.0 Å². The number of amides is 1. The lowest BCUT2D eigenvalue weighted by molar-refractivity contribution is 0.0890. The molecule has 0 spiro atoms. The van der Waals surface area contributed by atoms with Crippen molar-refractivity contribution in [1.82, 2.24) is 14.9 Å². The predicted octanol–water partition coefficient (Wildman–Crippen LogP) is 1.77. The average Bonchev–Trinajstić information content (AvgIpc) is 2.85. The van der Waals surface area contributed by atoms with Crippen LogP contribution in [0.25, 0.3) is 0 Å². The normalized spacial score (nSPS) is 26.2. The van der Waals surface area contributed by atoms with E-state index in [0.29, 0.717) is 16.6 Å². The molecule has 1 aromatic rings. The number of aromatic nitrogens is 2. The number of nitrogens with two attached hydrogens (primary N) is 1. The number of carbonyl (C=O) groups is 1. The van der Waals surface area contributed by atoms with Gasteiger partial charge in [-0.3, -0.25) is 4.79 Å². The van der Waals surface area contributed by atoms with E-state index in [1.807, 2.05) is 0 Å². The van der Waals surface area contributed by atoms with Gasteiger partial charge in [0.25, 0.3) is 5.91 Å². The second-order valence-electron chi connectivity index (χ2n) is 5.64. The van der Waals surface area contributed by atoms with E-state index in [1.165, 1.54) is 6.42 Å². The summed E-state index contributed by atoms with van der Waals surface area (Å²) in [5, 5.41) is 3.05. The predicted molar refractivity (Wildman–Crippen MR) is 82.4 cm³/mol. The van der Waals surface area contributed by atoms with E-state index in [1.54, 1.807) is 24.1 Å². The second-order valence-corrected chi connectivity index (χ2v) is 6.08. The van der Waals surface area contributed by atoms with Crippen molar-refractivity contribution < 1.29 is 4.79 Å². The van der Waals surface area contributed by atoms with Gasteiger partial charge in [-0.1, -0.05) is 25.6 Å². The fourth-order valence-electron chi connectivity index (χ4n) is 2.87. The highest BCUT2D eigenvalue weighted by molar-refractivity contribution is 7.80. The number of nitrogens with one attached hydrogen (secondary N) is 1. The molecule has 0 aromatic carbocycles. The molecular weight excluding hydrogens is 272 g/mol. The van der Waals surface area contributed by atoms with Crippen molar-refractivity contribution in [2.75, 3.05) is 0 Å². The Bertz CT molecular complexity index is 503. The van der Waals surface area contributed by atoms with E-state index in [9.17, 15) is 4.79 Å². The SMILES string of the molecule is CCC1CCC(NC(=O)c2cncn2C)(C(N)=S)CC1. The lowest BCUT2D eigenvalue weighted by Crippen LogP contribution is -2.58. The van der Waals surface area contributed by atoms with Crippen LogP contribution in [0.4, 0.5) is 0 Å². The number of thiocarbonyl (C=S) groups is 1. The Morgan fingerprint density at radius 1 is 1.60 bits per heavy atom. The molecule has 1 aromatic heterocycles. The minimum absolute atomic E-state index is 0.159. The molecule has 1 aliphatic carbocycles. The number of aryl methyl sites for hydroxylation is 1. The molecule has 0 atom stereocenters. The largest absolute Gasteiger partial charge is 0.391 e. The molecule has 0 bridgehead atoms. The maximum atomic E-state index is 12.4. The molecular formula is C14H22N4OS. The van der Waals surface area contributed by atoms with Crippen LogP contribution in [-0.2, 0) is 7.05 Å². The van der Waals surface area contributed by atoms with Crippen LogP contribution in [0.5, 0.6) is 0 Å². The minimum atomic E-state index is -0.539. The van der Waals surface area contributed by atoms with Gasteiger partial charge < -0.3 is 15.6 Å². The summed E-state index contributed by atoms with van der Waals surface area (Å²) in [6.07, 6.45) is 8.09. The summed E-state index contributed by atoms with van der Waals surface area (Å²) in [7, 11) is 1.79.